The number of nitrogens with zero attached hydrogens (tertiary/aromatic N) is 2. The van der Waals surface area contributed by atoms with E-state index in [4.69, 9.17) is 28.6 Å². The SMILES string of the molecule is COc1ccc(C(=O)NC(=S)Nc2cc(-c3nc4ccccc4s3)ccc2Cl)cc1[N+](=O)[O-].O. The summed E-state index contributed by atoms with van der Waals surface area (Å²) in [5, 5.41) is 17.8. The predicted octanol–water partition coefficient (Wildman–Crippen LogP) is 4.84. The number of nitro benzene ring substituents is 1. The van der Waals surface area contributed by atoms with E-state index in [-0.39, 0.29) is 27.6 Å². The summed E-state index contributed by atoms with van der Waals surface area (Å²) >= 11 is 13.1. The number of rotatable bonds is 5. The molecule has 12 heteroatoms. The standard InChI is InChI=1S/C22H15ClN4O4S2.H2O/c1-31-18-9-7-12(11-17(18)27(29)30)20(28)26-22(32)25-16-10-13(6-8-14(16)23)21-24-15-4-2-3-5-19(15)33-21;/h2-11H,1H3,(H2,25,26,28,32);1H2. The van der Waals surface area contributed by atoms with Gasteiger partial charge >= 0.3 is 5.69 Å². The summed E-state index contributed by atoms with van der Waals surface area (Å²) in [6.45, 7) is 0. The molecule has 0 aliphatic rings. The van der Waals surface area contributed by atoms with Crippen molar-refractivity contribution in [1.82, 2.24) is 10.3 Å². The molecule has 3 aromatic carbocycles. The van der Waals surface area contributed by atoms with Crippen molar-refractivity contribution in [2.75, 3.05) is 12.4 Å². The van der Waals surface area contributed by atoms with Crippen LogP contribution in [0.25, 0.3) is 20.8 Å². The van der Waals surface area contributed by atoms with Crippen LogP contribution in [0.3, 0.4) is 0 Å². The Hall–Kier alpha value is -3.64. The predicted molar refractivity (Wildman–Crippen MR) is 137 cm³/mol. The van der Waals surface area contributed by atoms with Crippen molar-refractivity contribution in [2.45, 2.75) is 0 Å². The molecule has 0 unspecified atom stereocenters. The zero-order valence-corrected chi connectivity index (χ0v) is 19.9. The van der Waals surface area contributed by atoms with Gasteiger partial charge in [0.2, 0.25) is 0 Å². The molecule has 1 heterocycles. The molecule has 4 N–H and O–H groups in total. The molecular formula is C22H17ClN4O5S2. The van der Waals surface area contributed by atoms with Crippen molar-refractivity contribution in [3.05, 3.63) is 81.4 Å². The molecule has 0 saturated heterocycles. The van der Waals surface area contributed by atoms with Crippen molar-refractivity contribution < 1.29 is 19.9 Å². The van der Waals surface area contributed by atoms with Gasteiger partial charge in [0.1, 0.15) is 5.01 Å². The molecule has 0 atom stereocenters. The first-order valence-electron chi connectivity index (χ1n) is 9.46. The second kappa shape index (κ2) is 10.5. The molecule has 0 aliphatic heterocycles. The van der Waals surface area contributed by atoms with Crippen molar-refractivity contribution in [3.8, 4) is 16.3 Å². The second-order valence-corrected chi connectivity index (χ2v) is 8.58. The number of carbonyl (C=O) groups is 1. The molecule has 9 nitrogen and oxygen atoms in total. The van der Waals surface area contributed by atoms with Crippen molar-refractivity contribution in [2.24, 2.45) is 0 Å². The van der Waals surface area contributed by atoms with Gasteiger partial charge in [-0.1, -0.05) is 29.8 Å². The number of amides is 1. The zero-order valence-electron chi connectivity index (χ0n) is 17.5. The van der Waals surface area contributed by atoms with Gasteiger partial charge < -0.3 is 15.5 Å². The number of hydrogen-bond donors (Lipinski definition) is 2. The first kappa shape index (κ1) is 25.0. The van der Waals surface area contributed by atoms with Crippen LogP contribution in [-0.2, 0) is 0 Å². The van der Waals surface area contributed by atoms with Crippen LogP contribution in [-0.4, -0.2) is 33.5 Å². The van der Waals surface area contributed by atoms with Gasteiger partial charge in [0.25, 0.3) is 5.91 Å². The van der Waals surface area contributed by atoms with E-state index in [9.17, 15) is 14.9 Å². The van der Waals surface area contributed by atoms with E-state index in [0.29, 0.717) is 10.7 Å². The maximum atomic E-state index is 12.5. The molecule has 4 rings (SSSR count). The van der Waals surface area contributed by atoms with Crippen molar-refractivity contribution in [1.29, 1.82) is 0 Å². The number of hydrogen-bond acceptors (Lipinski definition) is 7. The number of para-hydroxylation sites is 1. The third kappa shape index (κ3) is 5.29. The molecule has 0 radical (unpaired) electrons. The van der Waals surface area contributed by atoms with Crippen LogP contribution in [0.5, 0.6) is 5.75 Å². The lowest BCUT2D eigenvalue weighted by molar-refractivity contribution is -0.385. The van der Waals surface area contributed by atoms with Gasteiger partial charge in [-0.2, -0.15) is 0 Å². The van der Waals surface area contributed by atoms with Gasteiger partial charge in [0.15, 0.2) is 10.9 Å². The van der Waals surface area contributed by atoms with E-state index < -0.39 is 10.8 Å². The molecule has 0 spiro atoms. The average Bonchev–Trinajstić information content (AvgIpc) is 3.24. The Morgan fingerprint density at radius 2 is 1.94 bits per heavy atom. The number of nitrogens with one attached hydrogen (secondary N) is 2. The highest BCUT2D eigenvalue weighted by atomic mass is 35.5. The van der Waals surface area contributed by atoms with Gasteiger partial charge in [-0.25, -0.2) is 4.98 Å². The number of aromatic nitrogens is 1. The minimum atomic E-state index is -0.626. The van der Waals surface area contributed by atoms with Gasteiger partial charge in [-0.3, -0.25) is 20.2 Å². The molecule has 0 fully saturated rings. The summed E-state index contributed by atoms with van der Waals surface area (Å²) in [6, 6.07) is 17.1. The van der Waals surface area contributed by atoms with Crippen LogP contribution < -0.4 is 15.4 Å². The monoisotopic (exact) mass is 516 g/mol. The number of nitro groups is 1. The number of methoxy groups -OCH3 is 1. The number of thiazole rings is 1. The first-order valence-corrected chi connectivity index (χ1v) is 11.1. The Labute approximate surface area is 207 Å². The fraction of sp³-hybridized carbons (Fsp3) is 0.0455. The van der Waals surface area contributed by atoms with Gasteiger partial charge in [0, 0.05) is 17.2 Å². The number of halogens is 1. The molecule has 1 amide bonds. The van der Waals surface area contributed by atoms with Crippen molar-refractivity contribution >= 4 is 67.8 Å². The van der Waals surface area contributed by atoms with E-state index >= 15 is 0 Å². The van der Waals surface area contributed by atoms with E-state index in [0.717, 1.165) is 26.9 Å². The lowest BCUT2D eigenvalue weighted by Crippen LogP contribution is -2.34. The molecule has 1 aromatic heterocycles. The fourth-order valence-corrected chi connectivity index (χ4v) is 4.38. The topological polar surface area (TPSA) is 138 Å². The maximum absolute atomic E-state index is 12.5. The van der Waals surface area contributed by atoms with E-state index in [1.165, 1.54) is 19.2 Å². The minimum Gasteiger partial charge on any atom is -0.490 e. The number of carbonyl (C=O) groups excluding carboxylic acids is 1. The van der Waals surface area contributed by atoms with Crippen molar-refractivity contribution in [3.63, 3.8) is 0 Å². The zero-order chi connectivity index (χ0) is 23.5. The third-order valence-electron chi connectivity index (χ3n) is 4.62. The summed E-state index contributed by atoms with van der Waals surface area (Å²) < 4.78 is 6.01. The Bertz CT molecular complexity index is 1380. The van der Waals surface area contributed by atoms with Crippen LogP contribution in [0.4, 0.5) is 11.4 Å². The molecule has 34 heavy (non-hydrogen) atoms. The normalized spacial score (nSPS) is 10.3. The van der Waals surface area contributed by atoms with Crippen LogP contribution in [0.1, 0.15) is 10.4 Å². The molecule has 0 aliphatic carbocycles. The Morgan fingerprint density at radius 1 is 1.18 bits per heavy atom. The van der Waals surface area contributed by atoms with Crippen LogP contribution in [0.2, 0.25) is 5.02 Å². The number of benzene rings is 3. The lowest BCUT2D eigenvalue weighted by atomic mass is 10.1. The number of anilines is 1. The largest absolute Gasteiger partial charge is 0.490 e. The summed E-state index contributed by atoms with van der Waals surface area (Å²) in [6.07, 6.45) is 0. The summed E-state index contributed by atoms with van der Waals surface area (Å²) in [7, 11) is 1.31. The lowest BCUT2D eigenvalue weighted by Gasteiger charge is -2.12. The summed E-state index contributed by atoms with van der Waals surface area (Å²) in [5.74, 6) is -0.563. The smallest absolute Gasteiger partial charge is 0.311 e. The summed E-state index contributed by atoms with van der Waals surface area (Å²) in [5.41, 5.74) is 1.96. The fourth-order valence-electron chi connectivity index (χ4n) is 3.05. The number of thiocarbonyl (C=S) groups is 1. The quantitative estimate of drug-likeness (QED) is 0.220. The van der Waals surface area contributed by atoms with Gasteiger partial charge in [-0.15, -0.1) is 11.3 Å². The Kier molecular flexibility index (Phi) is 7.74. The van der Waals surface area contributed by atoms with Crippen LogP contribution >= 0.6 is 35.2 Å². The molecule has 0 bridgehead atoms. The van der Waals surface area contributed by atoms with Gasteiger partial charge in [-0.05, 0) is 48.6 Å². The van der Waals surface area contributed by atoms with E-state index in [1.807, 2.05) is 30.3 Å². The Balaban J connectivity index is 0.00000324. The Morgan fingerprint density at radius 3 is 2.65 bits per heavy atom. The second-order valence-electron chi connectivity index (χ2n) is 6.73. The average molecular weight is 517 g/mol. The number of fused-ring (bicyclic) bond motifs is 1. The molecule has 174 valence electrons. The highest BCUT2D eigenvalue weighted by Crippen LogP contribution is 2.34. The molecular weight excluding hydrogens is 500 g/mol. The third-order valence-corrected chi connectivity index (χ3v) is 6.24. The van der Waals surface area contributed by atoms with Gasteiger partial charge in [0.05, 0.1) is 33.0 Å². The van der Waals surface area contributed by atoms with Crippen LogP contribution in [0.15, 0.2) is 60.7 Å². The summed E-state index contributed by atoms with van der Waals surface area (Å²) in [4.78, 5) is 27.8. The molecule has 0 saturated carbocycles. The highest BCUT2D eigenvalue weighted by Gasteiger charge is 2.19. The van der Waals surface area contributed by atoms with Crippen LogP contribution in [0, 0.1) is 10.1 Å². The number of ether oxygens (including phenoxy) is 1. The van der Waals surface area contributed by atoms with E-state index in [2.05, 4.69) is 15.6 Å². The van der Waals surface area contributed by atoms with E-state index in [1.54, 1.807) is 23.5 Å². The highest BCUT2D eigenvalue weighted by molar-refractivity contribution is 7.80. The minimum absolute atomic E-state index is 0. The first-order chi connectivity index (χ1) is 15.9. The molecule has 4 aromatic rings. The maximum Gasteiger partial charge on any atom is 0.311 e.